The minimum atomic E-state index is -1.38. The number of carboxylic acid groups (broad SMARTS) is 1. The average Bonchev–Trinajstić information content (AvgIpc) is 2.42. The molecule has 1 aliphatic heterocycles. The van der Waals surface area contributed by atoms with Gasteiger partial charge in [0.25, 0.3) is 5.91 Å². The third-order valence-corrected chi connectivity index (χ3v) is 3.73. The predicted octanol–water partition coefficient (Wildman–Crippen LogP) is 2.43. The van der Waals surface area contributed by atoms with E-state index in [1.165, 1.54) is 4.90 Å². The Morgan fingerprint density at radius 1 is 1.14 bits per heavy atom. The summed E-state index contributed by atoms with van der Waals surface area (Å²) in [5.41, 5.74) is -0.591. The van der Waals surface area contributed by atoms with Gasteiger partial charge in [-0.05, 0) is 25.8 Å². The standard InChI is InChI=1S/C14H14F3NO3/c1-7-2-3-8(14(20)21)6-18(7)13(19)9-4-11(16)12(17)5-10(9)15/h4-5,7-8H,2-3,6H2,1H3,(H,20,21). The van der Waals surface area contributed by atoms with Gasteiger partial charge in [-0.2, -0.15) is 0 Å². The number of halogens is 3. The summed E-state index contributed by atoms with van der Waals surface area (Å²) in [5.74, 6) is -6.46. The van der Waals surface area contributed by atoms with E-state index in [0.717, 1.165) is 0 Å². The summed E-state index contributed by atoms with van der Waals surface area (Å²) in [7, 11) is 0. The second-order valence-corrected chi connectivity index (χ2v) is 5.17. The maximum absolute atomic E-state index is 13.6. The first-order valence-electron chi connectivity index (χ1n) is 6.49. The lowest BCUT2D eigenvalue weighted by molar-refractivity contribution is -0.143. The summed E-state index contributed by atoms with van der Waals surface area (Å²) in [6, 6.07) is 0.524. The Balaban J connectivity index is 2.30. The van der Waals surface area contributed by atoms with Crippen LogP contribution in [-0.4, -0.2) is 34.5 Å². The van der Waals surface area contributed by atoms with Crippen LogP contribution < -0.4 is 0 Å². The monoisotopic (exact) mass is 301 g/mol. The van der Waals surface area contributed by atoms with Crippen molar-refractivity contribution in [2.75, 3.05) is 6.54 Å². The van der Waals surface area contributed by atoms with Crippen LogP contribution in [0.1, 0.15) is 30.1 Å². The third kappa shape index (κ3) is 3.01. The Labute approximate surface area is 119 Å². The van der Waals surface area contributed by atoms with Gasteiger partial charge in [0.05, 0.1) is 11.5 Å². The molecule has 1 fully saturated rings. The normalized spacial score (nSPS) is 22.2. The minimum absolute atomic E-state index is 0.0756. The van der Waals surface area contributed by atoms with Crippen molar-refractivity contribution in [1.82, 2.24) is 4.90 Å². The Morgan fingerprint density at radius 3 is 2.38 bits per heavy atom. The predicted molar refractivity (Wildman–Crippen MR) is 67.2 cm³/mol. The fraction of sp³-hybridized carbons (Fsp3) is 0.429. The zero-order valence-corrected chi connectivity index (χ0v) is 11.3. The zero-order chi connectivity index (χ0) is 15.7. The van der Waals surface area contributed by atoms with E-state index in [4.69, 9.17) is 5.11 Å². The van der Waals surface area contributed by atoms with Crippen molar-refractivity contribution in [3.05, 3.63) is 35.1 Å². The van der Waals surface area contributed by atoms with Crippen molar-refractivity contribution in [2.24, 2.45) is 5.92 Å². The van der Waals surface area contributed by atoms with E-state index in [1.54, 1.807) is 6.92 Å². The van der Waals surface area contributed by atoms with Gasteiger partial charge in [0.2, 0.25) is 0 Å². The lowest BCUT2D eigenvalue weighted by Gasteiger charge is -2.36. The molecule has 1 N–H and O–H groups in total. The number of rotatable bonds is 2. The number of hydrogen-bond acceptors (Lipinski definition) is 2. The maximum atomic E-state index is 13.6. The number of hydrogen-bond donors (Lipinski definition) is 1. The second kappa shape index (κ2) is 5.75. The Hall–Kier alpha value is -2.05. The van der Waals surface area contributed by atoms with Gasteiger partial charge in [0.1, 0.15) is 5.82 Å². The second-order valence-electron chi connectivity index (χ2n) is 5.17. The molecule has 1 aliphatic rings. The van der Waals surface area contributed by atoms with Crippen molar-refractivity contribution in [3.63, 3.8) is 0 Å². The molecular weight excluding hydrogens is 287 g/mol. The van der Waals surface area contributed by atoms with Crippen molar-refractivity contribution in [2.45, 2.75) is 25.8 Å². The number of carboxylic acids is 1. The van der Waals surface area contributed by atoms with Crippen LogP contribution in [0.4, 0.5) is 13.2 Å². The van der Waals surface area contributed by atoms with Gasteiger partial charge < -0.3 is 10.0 Å². The van der Waals surface area contributed by atoms with Crippen LogP contribution in [-0.2, 0) is 4.79 Å². The number of benzene rings is 1. The highest BCUT2D eigenvalue weighted by molar-refractivity contribution is 5.95. The van der Waals surface area contributed by atoms with E-state index in [9.17, 15) is 22.8 Å². The minimum Gasteiger partial charge on any atom is -0.481 e. The molecule has 0 spiro atoms. The summed E-state index contributed by atoms with van der Waals surface area (Å²) in [6.07, 6.45) is 0.870. The van der Waals surface area contributed by atoms with E-state index in [0.29, 0.717) is 25.0 Å². The smallest absolute Gasteiger partial charge is 0.308 e. The van der Waals surface area contributed by atoms with Crippen LogP contribution >= 0.6 is 0 Å². The fourth-order valence-corrected chi connectivity index (χ4v) is 2.43. The van der Waals surface area contributed by atoms with Crippen LogP contribution in [0.5, 0.6) is 0 Å². The van der Waals surface area contributed by atoms with Gasteiger partial charge in [0, 0.05) is 18.7 Å². The van der Waals surface area contributed by atoms with E-state index >= 15 is 0 Å². The van der Waals surface area contributed by atoms with Gasteiger partial charge >= 0.3 is 5.97 Å². The SMILES string of the molecule is CC1CCC(C(=O)O)CN1C(=O)c1cc(F)c(F)cc1F. The molecule has 21 heavy (non-hydrogen) atoms. The average molecular weight is 301 g/mol. The summed E-state index contributed by atoms with van der Waals surface area (Å²) < 4.78 is 39.7. The lowest BCUT2D eigenvalue weighted by Crippen LogP contribution is -2.47. The number of carbonyl (C=O) groups excluding carboxylic acids is 1. The first kappa shape index (κ1) is 15.3. The molecule has 0 radical (unpaired) electrons. The van der Waals surface area contributed by atoms with Gasteiger partial charge in [-0.25, -0.2) is 13.2 Å². The molecule has 4 nitrogen and oxygen atoms in total. The first-order valence-corrected chi connectivity index (χ1v) is 6.49. The molecular formula is C14H14F3NO3. The molecule has 1 amide bonds. The molecule has 114 valence electrons. The molecule has 1 aromatic carbocycles. The quantitative estimate of drug-likeness (QED) is 0.854. The third-order valence-electron chi connectivity index (χ3n) is 3.73. The van der Waals surface area contributed by atoms with Crippen LogP contribution in [0, 0.1) is 23.4 Å². The van der Waals surface area contributed by atoms with Gasteiger partial charge in [-0.15, -0.1) is 0 Å². The van der Waals surface area contributed by atoms with Gasteiger partial charge in [0.15, 0.2) is 11.6 Å². The molecule has 1 saturated heterocycles. The summed E-state index contributed by atoms with van der Waals surface area (Å²) in [5, 5.41) is 9.01. The van der Waals surface area contributed by atoms with Crippen molar-refractivity contribution >= 4 is 11.9 Å². The van der Waals surface area contributed by atoms with E-state index in [1.807, 2.05) is 0 Å². The van der Waals surface area contributed by atoms with E-state index < -0.39 is 40.8 Å². The molecule has 1 aromatic rings. The molecule has 0 saturated carbocycles. The first-order chi connectivity index (χ1) is 9.81. The zero-order valence-electron chi connectivity index (χ0n) is 11.3. The van der Waals surface area contributed by atoms with Gasteiger partial charge in [-0.3, -0.25) is 9.59 Å². The number of aliphatic carboxylic acids is 1. The molecule has 7 heteroatoms. The summed E-state index contributed by atoms with van der Waals surface area (Å²) in [6.45, 7) is 1.63. The molecule has 0 bridgehead atoms. The molecule has 2 atom stereocenters. The van der Waals surface area contributed by atoms with Crippen molar-refractivity contribution in [3.8, 4) is 0 Å². The Morgan fingerprint density at radius 2 is 1.76 bits per heavy atom. The molecule has 0 aliphatic carbocycles. The molecule has 1 heterocycles. The number of amides is 1. The van der Waals surface area contributed by atoms with Gasteiger partial charge in [-0.1, -0.05) is 0 Å². The number of piperidine rings is 1. The largest absolute Gasteiger partial charge is 0.481 e. The summed E-state index contributed by atoms with van der Waals surface area (Å²) >= 11 is 0. The topological polar surface area (TPSA) is 57.6 Å². The fourth-order valence-electron chi connectivity index (χ4n) is 2.43. The maximum Gasteiger partial charge on any atom is 0.308 e. The molecule has 2 rings (SSSR count). The van der Waals surface area contributed by atoms with Crippen molar-refractivity contribution < 1.29 is 27.9 Å². The van der Waals surface area contributed by atoms with E-state index in [2.05, 4.69) is 0 Å². The van der Waals surface area contributed by atoms with E-state index in [-0.39, 0.29) is 12.6 Å². The number of carbonyl (C=O) groups is 2. The Kier molecular flexibility index (Phi) is 4.20. The van der Waals surface area contributed by atoms with Crippen LogP contribution in [0.15, 0.2) is 12.1 Å². The Bertz CT molecular complexity index is 591. The van der Waals surface area contributed by atoms with Crippen LogP contribution in [0.25, 0.3) is 0 Å². The highest BCUT2D eigenvalue weighted by atomic mass is 19.2. The van der Waals surface area contributed by atoms with Crippen LogP contribution in [0.3, 0.4) is 0 Å². The number of likely N-dealkylation sites (tertiary alicyclic amines) is 1. The molecule has 2 unspecified atom stereocenters. The highest BCUT2D eigenvalue weighted by Gasteiger charge is 2.34. The lowest BCUT2D eigenvalue weighted by atomic mass is 9.93. The van der Waals surface area contributed by atoms with Crippen LogP contribution in [0.2, 0.25) is 0 Å². The number of nitrogens with zero attached hydrogens (tertiary/aromatic N) is 1. The van der Waals surface area contributed by atoms with Crippen molar-refractivity contribution in [1.29, 1.82) is 0 Å². The highest BCUT2D eigenvalue weighted by Crippen LogP contribution is 2.25. The molecule has 0 aromatic heterocycles. The summed E-state index contributed by atoms with van der Waals surface area (Å²) in [4.78, 5) is 24.5.